The van der Waals surface area contributed by atoms with Gasteiger partial charge in [0, 0.05) is 45.2 Å². The molecule has 0 aromatic carbocycles. The second-order valence-corrected chi connectivity index (χ2v) is 5.65. The molecule has 22 heavy (non-hydrogen) atoms. The van der Waals surface area contributed by atoms with Gasteiger partial charge in [-0.15, -0.1) is 0 Å². The number of hydrogen-bond acceptors (Lipinski definition) is 4. The van der Waals surface area contributed by atoms with E-state index in [1.165, 1.54) is 4.90 Å². The van der Waals surface area contributed by atoms with Crippen LogP contribution in [0.1, 0.15) is 6.42 Å². The minimum atomic E-state index is -4.00. The summed E-state index contributed by atoms with van der Waals surface area (Å²) in [4.78, 5) is 15.0. The number of amides is 1. The Kier molecular flexibility index (Phi) is 5.99. The van der Waals surface area contributed by atoms with Crippen molar-refractivity contribution in [1.82, 2.24) is 15.1 Å². The quantitative estimate of drug-likeness (QED) is 0.743. The van der Waals surface area contributed by atoms with Crippen LogP contribution in [0.4, 0.5) is 17.6 Å². The molecular formula is C13H21F4N3O2. The van der Waals surface area contributed by atoms with Gasteiger partial charge in [0.1, 0.15) is 0 Å². The lowest BCUT2D eigenvalue weighted by molar-refractivity contribution is -0.148. The standard InChI is InChI=1S/C13H21F4N3O2/c14-12(15)13(16,17)9-19-2-4-20(5-3-19)11(21)7-10-8-22-6-1-18-10/h10,12,18H,1-9H2. The van der Waals surface area contributed by atoms with Crippen LogP contribution in [-0.2, 0) is 9.53 Å². The van der Waals surface area contributed by atoms with Crippen molar-refractivity contribution >= 4 is 5.91 Å². The van der Waals surface area contributed by atoms with Gasteiger partial charge in [0.2, 0.25) is 5.91 Å². The first-order valence-corrected chi connectivity index (χ1v) is 7.36. The van der Waals surface area contributed by atoms with Crippen molar-refractivity contribution in [3.8, 4) is 0 Å². The van der Waals surface area contributed by atoms with Crippen LogP contribution < -0.4 is 5.32 Å². The number of morpholine rings is 1. The van der Waals surface area contributed by atoms with Gasteiger partial charge in [-0.3, -0.25) is 9.69 Å². The van der Waals surface area contributed by atoms with E-state index in [4.69, 9.17) is 4.74 Å². The van der Waals surface area contributed by atoms with E-state index in [9.17, 15) is 22.4 Å². The van der Waals surface area contributed by atoms with Gasteiger partial charge < -0.3 is 15.0 Å². The van der Waals surface area contributed by atoms with Gasteiger partial charge in [-0.05, 0) is 0 Å². The maximum absolute atomic E-state index is 13.0. The average molecular weight is 327 g/mol. The lowest BCUT2D eigenvalue weighted by Gasteiger charge is -2.37. The van der Waals surface area contributed by atoms with Crippen molar-refractivity contribution in [2.75, 3.05) is 52.5 Å². The highest BCUT2D eigenvalue weighted by Crippen LogP contribution is 2.24. The van der Waals surface area contributed by atoms with E-state index in [0.29, 0.717) is 26.2 Å². The first kappa shape index (κ1) is 17.4. The molecule has 9 heteroatoms. The SMILES string of the molecule is O=C(CC1COCCN1)N1CCN(CC(F)(F)C(F)F)CC1. The van der Waals surface area contributed by atoms with Crippen molar-refractivity contribution in [2.45, 2.75) is 24.8 Å². The predicted octanol–water partition coefficient (Wildman–Crippen LogP) is 0.409. The van der Waals surface area contributed by atoms with E-state index in [1.54, 1.807) is 4.90 Å². The number of piperazine rings is 1. The Bertz CT molecular complexity index is 370. The number of carbonyl (C=O) groups excluding carboxylic acids is 1. The monoisotopic (exact) mass is 327 g/mol. The molecule has 128 valence electrons. The first-order valence-electron chi connectivity index (χ1n) is 7.36. The maximum Gasteiger partial charge on any atom is 0.319 e. The molecule has 1 unspecified atom stereocenters. The number of nitrogens with one attached hydrogen (secondary N) is 1. The van der Waals surface area contributed by atoms with Crippen LogP contribution in [0.25, 0.3) is 0 Å². The van der Waals surface area contributed by atoms with Gasteiger partial charge in [0.25, 0.3) is 0 Å². The topological polar surface area (TPSA) is 44.8 Å². The summed E-state index contributed by atoms with van der Waals surface area (Å²) < 4.78 is 55.6. The minimum Gasteiger partial charge on any atom is -0.378 e. The van der Waals surface area contributed by atoms with Gasteiger partial charge in [-0.2, -0.15) is 8.78 Å². The number of nitrogens with zero attached hydrogens (tertiary/aromatic N) is 2. The molecular weight excluding hydrogens is 306 g/mol. The molecule has 5 nitrogen and oxygen atoms in total. The molecule has 0 aliphatic carbocycles. The molecule has 2 fully saturated rings. The van der Waals surface area contributed by atoms with E-state index in [-0.39, 0.29) is 38.1 Å². The number of ether oxygens (including phenoxy) is 1. The molecule has 2 saturated heterocycles. The van der Waals surface area contributed by atoms with Crippen LogP contribution in [-0.4, -0.2) is 86.6 Å². The van der Waals surface area contributed by atoms with Crippen molar-refractivity contribution in [2.24, 2.45) is 0 Å². The van der Waals surface area contributed by atoms with Crippen LogP contribution in [0.2, 0.25) is 0 Å². The molecule has 0 aromatic rings. The number of halogens is 4. The zero-order valence-corrected chi connectivity index (χ0v) is 12.2. The fourth-order valence-corrected chi connectivity index (χ4v) is 2.61. The highest BCUT2D eigenvalue weighted by Gasteiger charge is 2.42. The van der Waals surface area contributed by atoms with E-state index in [2.05, 4.69) is 5.32 Å². The fourth-order valence-electron chi connectivity index (χ4n) is 2.61. The van der Waals surface area contributed by atoms with Crippen LogP contribution in [0.3, 0.4) is 0 Å². The predicted molar refractivity (Wildman–Crippen MR) is 71.2 cm³/mol. The molecule has 1 amide bonds. The molecule has 0 bridgehead atoms. The summed E-state index contributed by atoms with van der Waals surface area (Å²) in [6.45, 7) is 1.77. The third-order valence-electron chi connectivity index (χ3n) is 3.90. The van der Waals surface area contributed by atoms with E-state index in [0.717, 1.165) is 0 Å². The lowest BCUT2D eigenvalue weighted by Crippen LogP contribution is -2.54. The molecule has 2 rings (SSSR count). The average Bonchev–Trinajstić information content (AvgIpc) is 2.48. The highest BCUT2D eigenvalue weighted by molar-refractivity contribution is 5.77. The van der Waals surface area contributed by atoms with Crippen LogP contribution in [0, 0.1) is 0 Å². The van der Waals surface area contributed by atoms with Crippen molar-refractivity contribution in [3.63, 3.8) is 0 Å². The molecule has 0 spiro atoms. The molecule has 1 N–H and O–H groups in total. The third kappa shape index (κ3) is 4.79. The van der Waals surface area contributed by atoms with Gasteiger partial charge >= 0.3 is 12.3 Å². The number of alkyl halides is 4. The minimum absolute atomic E-state index is 0.0255. The second-order valence-electron chi connectivity index (χ2n) is 5.65. The van der Waals surface area contributed by atoms with Crippen molar-refractivity contribution in [1.29, 1.82) is 0 Å². The maximum atomic E-state index is 13.0. The summed E-state index contributed by atoms with van der Waals surface area (Å²) in [5.74, 6) is -4.07. The smallest absolute Gasteiger partial charge is 0.319 e. The number of hydrogen-bond donors (Lipinski definition) is 1. The molecule has 2 aliphatic rings. The Morgan fingerprint density at radius 2 is 1.95 bits per heavy atom. The second kappa shape index (κ2) is 7.56. The normalized spacial score (nSPS) is 24.8. The number of rotatable bonds is 5. The highest BCUT2D eigenvalue weighted by atomic mass is 19.3. The molecule has 0 aromatic heterocycles. The van der Waals surface area contributed by atoms with Crippen LogP contribution in [0.5, 0.6) is 0 Å². The van der Waals surface area contributed by atoms with Gasteiger partial charge in [-0.1, -0.05) is 0 Å². The summed E-state index contributed by atoms with van der Waals surface area (Å²) >= 11 is 0. The molecule has 0 radical (unpaired) electrons. The van der Waals surface area contributed by atoms with E-state index >= 15 is 0 Å². The molecule has 0 saturated carbocycles. The third-order valence-corrected chi connectivity index (χ3v) is 3.90. The molecule has 2 aliphatic heterocycles. The summed E-state index contributed by atoms with van der Waals surface area (Å²) in [7, 11) is 0. The van der Waals surface area contributed by atoms with Crippen LogP contribution in [0.15, 0.2) is 0 Å². The summed E-state index contributed by atoms with van der Waals surface area (Å²) in [6, 6.07) is -0.0255. The zero-order valence-electron chi connectivity index (χ0n) is 12.2. The molecule has 2 heterocycles. The van der Waals surface area contributed by atoms with E-state index < -0.39 is 18.9 Å². The Labute approximate surface area is 126 Å². The number of carbonyl (C=O) groups is 1. The summed E-state index contributed by atoms with van der Waals surface area (Å²) in [5, 5.41) is 3.18. The summed E-state index contributed by atoms with van der Waals surface area (Å²) in [6.07, 6.45) is -3.36. The Balaban J connectivity index is 1.73. The van der Waals surface area contributed by atoms with Crippen LogP contribution >= 0.6 is 0 Å². The van der Waals surface area contributed by atoms with Gasteiger partial charge in [0.05, 0.1) is 19.8 Å². The fraction of sp³-hybridized carbons (Fsp3) is 0.923. The summed E-state index contributed by atoms with van der Waals surface area (Å²) in [5.41, 5.74) is 0. The molecule has 1 atom stereocenters. The van der Waals surface area contributed by atoms with Gasteiger partial charge in [0.15, 0.2) is 0 Å². The van der Waals surface area contributed by atoms with E-state index in [1.807, 2.05) is 0 Å². The van der Waals surface area contributed by atoms with Crippen molar-refractivity contribution < 1.29 is 27.1 Å². The lowest BCUT2D eigenvalue weighted by atomic mass is 10.1. The Morgan fingerprint density at radius 3 is 2.50 bits per heavy atom. The largest absolute Gasteiger partial charge is 0.378 e. The van der Waals surface area contributed by atoms with Crippen molar-refractivity contribution in [3.05, 3.63) is 0 Å². The Hall–Kier alpha value is -0.930. The Morgan fingerprint density at radius 1 is 1.27 bits per heavy atom. The zero-order chi connectivity index (χ0) is 16.2. The van der Waals surface area contributed by atoms with Gasteiger partial charge in [-0.25, -0.2) is 8.78 Å². The first-order chi connectivity index (χ1) is 10.4.